The van der Waals surface area contributed by atoms with Crippen molar-refractivity contribution < 1.29 is 14.3 Å². The van der Waals surface area contributed by atoms with E-state index in [1.54, 1.807) is 6.20 Å². The van der Waals surface area contributed by atoms with E-state index in [9.17, 15) is 4.79 Å². The summed E-state index contributed by atoms with van der Waals surface area (Å²) in [5.41, 5.74) is 2.23. The minimum Gasteiger partial charge on any atom is -0.490 e. The number of carbonyl (C=O) groups excluding carboxylic acids is 1. The van der Waals surface area contributed by atoms with Crippen molar-refractivity contribution in [2.24, 2.45) is 0 Å². The highest BCUT2D eigenvalue weighted by molar-refractivity contribution is 6.12. The van der Waals surface area contributed by atoms with Gasteiger partial charge in [0.05, 0.1) is 18.8 Å². The van der Waals surface area contributed by atoms with E-state index < -0.39 is 0 Å². The third-order valence-electron chi connectivity index (χ3n) is 3.96. The van der Waals surface area contributed by atoms with Crippen LogP contribution in [0.3, 0.4) is 0 Å². The first-order chi connectivity index (χ1) is 12.7. The van der Waals surface area contributed by atoms with Crippen LogP contribution in [0, 0.1) is 0 Å². The van der Waals surface area contributed by atoms with E-state index in [4.69, 9.17) is 9.47 Å². The first-order valence-corrected chi connectivity index (χ1v) is 9.00. The second-order valence-corrected chi connectivity index (χ2v) is 6.06. The molecule has 2 N–H and O–H groups in total. The van der Waals surface area contributed by atoms with Crippen molar-refractivity contribution in [3.05, 3.63) is 54.2 Å². The summed E-state index contributed by atoms with van der Waals surface area (Å²) in [7, 11) is 0. The standard InChI is InChI=1S/C21H24N2O3/c1-3-11-25-19-10-9-15(13-20(19)26-12-4-2)23-21(24)17-14-22-18-8-6-5-7-16(17)18/h5-10,13-14,22H,3-4,11-12H2,1-2H3,(H,23,24). The van der Waals surface area contributed by atoms with Gasteiger partial charge in [-0.05, 0) is 31.0 Å². The quantitative estimate of drug-likeness (QED) is 0.600. The minimum absolute atomic E-state index is 0.161. The third kappa shape index (κ3) is 3.99. The van der Waals surface area contributed by atoms with E-state index in [-0.39, 0.29) is 5.91 Å². The second kappa shape index (κ2) is 8.43. The Balaban J connectivity index is 1.81. The third-order valence-corrected chi connectivity index (χ3v) is 3.96. The number of nitrogens with one attached hydrogen (secondary N) is 2. The van der Waals surface area contributed by atoms with E-state index in [0.29, 0.717) is 36.0 Å². The van der Waals surface area contributed by atoms with Crippen LogP contribution in [0.15, 0.2) is 48.7 Å². The summed E-state index contributed by atoms with van der Waals surface area (Å²) in [5.74, 6) is 1.19. The summed E-state index contributed by atoms with van der Waals surface area (Å²) in [6.07, 6.45) is 3.55. The number of benzene rings is 2. The van der Waals surface area contributed by atoms with E-state index in [1.165, 1.54) is 0 Å². The Morgan fingerprint density at radius 3 is 2.50 bits per heavy atom. The molecule has 0 saturated carbocycles. The number of amides is 1. The summed E-state index contributed by atoms with van der Waals surface area (Å²) < 4.78 is 11.5. The Morgan fingerprint density at radius 2 is 1.73 bits per heavy atom. The van der Waals surface area contributed by atoms with Crippen molar-refractivity contribution in [2.45, 2.75) is 26.7 Å². The van der Waals surface area contributed by atoms with Gasteiger partial charge in [-0.25, -0.2) is 0 Å². The SMILES string of the molecule is CCCOc1ccc(NC(=O)c2c[nH]c3ccccc23)cc1OCCC. The van der Waals surface area contributed by atoms with Gasteiger partial charge in [-0.15, -0.1) is 0 Å². The van der Waals surface area contributed by atoms with Gasteiger partial charge < -0.3 is 19.8 Å². The molecular formula is C21H24N2O3. The number of aromatic nitrogens is 1. The van der Waals surface area contributed by atoms with Gasteiger partial charge >= 0.3 is 0 Å². The first kappa shape index (κ1) is 17.9. The molecule has 0 bridgehead atoms. The number of hydrogen-bond donors (Lipinski definition) is 2. The van der Waals surface area contributed by atoms with Crippen molar-refractivity contribution in [3.63, 3.8) is 0 Å². The minimum atomic E-state index is -0.161. The predicted octanol–water partition coefficient (Wildman–Crippen LogP) is 5.00. The number of hydrogen-bond acceptors (Lipinski definition) is 3. The van der Waals surface area contributed by atoms with Gasteiger partial charge in [0.2, 0.25) is 0 Å². The molecule has 3 aromatic rings. The molecule has 1 amide bonds. The van der Waals surface area contributed by atoms with Gasteiger partial charge in [0.1, 0.15) is 0 Å². The summed E-state index contributed by atoms with van der Waals surface area (Å²) in [6, 6.07) is 13.2. The van der Waals surface area contributed by atoms with Crippen LogP contribution in [-0.2, 0) is 0 Å². The lowest BCUT2D eigenvalue weighted by molar-refractivity contribution is 0.102. The highest BCUT2D eigenvalue weighted by Crippen LogP contribution is 2.31. The molecule has 0 radical (unpaired) electrons. The van der Waals surface area contributed by atoms with Crippen molar-refractivity contribution in [1.82, 2.24) is 4.98 Å². The smallest absolute Gasteiger partial charge is 0.257 e. The lowest BCUT2D eigenvalue weighted by Crippen LogP contribution is -2.11. The van der Waals surface area contributed by atoms with E-state index in [2.05, 4.69) is 24.1 Å². The molecule has 0 atom stereocenters. The Hall–Kier alpha value is -2.95. The number of fused-ring (bicyclic) bond motifs is 1. The molecule has 5 nitrogen and oxygen atoms in total. The fraction of sp³-hybridized carbons (Fsp3) is 0.286. The molecule has 136 valence electrons. The topological polar surface area (TPSA) is 63.3 Å². The summed E-state index contributed by atoms with van der Waals surface area (Å²) in [4.78, 5) is 15.8. The molecule has 0 spiro atoms. The lowest BCUT2D eigenvalue weighted by Gasteiger charge is -2.14. The average Bonchev–Trinajstić information content (AvgIpc) is 3.10. The molecule has 2 aromatic carbocycles. The van der Waals surface area contributed by atoms with Crippen molar-refractivity contribution in [2.75, 3.05) is 18.5 Å². The Labute approximate surface area is 153 Å². The largest absolute Gasteiger partial charge is 0.490 e. The van der Waals surface area contributed by atoms with Gasteiger partial charge in [0.15, 0.2) is 11.5 Å². The lowest BCUT2D eigenvalue weighted by atomic mass is 10.1. The van der Waals surface area contributed by atoms with Crippen LogP contribution < -0.4 is 14.8 Å². The van der Waals surface area contributed by atoms with E-state index in [0.717, 1.165) is 23.7 Å². The van der Waals surface area contributed by atoms with Crippen LogP contribution in [-0.4, -0.2) is 24.1 Å². The second-order valence-electron chi connectivity index (χ2n) is 6.06. The number of carbonyl (C=O) groups is 1. The van der Waals surface area contributed by atoms with Gasteiger partial charge in [-0.2, -0.15) is 0 Å². The zero-order valence-electron chi connectivity index (χ0n) is 15.2. The molecule has 5 heteroatoms. The number of aromatic amines is 1. The first-order valence-electron chi connectivity index (χ1n) is 9.00. The zero-order chi connectivity index (χ0) is 18.4. The molecule has 0 aliphatic carbocycles. The maximum Gasteiger partial charge on any atom is 0.257 e. The highest BCUT2D eigenvalue weighted by Gasteiger charge is 2.13. The van der Waals surface area contributed by atoms with Crippen LogP contribution in [0.4, 0.5) is 5.69 Å². The van der Waals surface area contributed by atoms with Crippen LogP contribution in [0.25, 0.3) is 10.9 Å². The Bertz CT molecular complexity index is 886. The molecule has 0 unspecified atom stereocenters. The summed E-state index contributed by atoms with van der Waals surface area (Å²) in [5, 5.41) is 3.84. The predicted molar refractivity (Wildman–Crippen MR) is 104 cm³/mol. The normalized spacial score (nSPS) is 10.7. The van der Waals surface area contributed by atoms with Gasteiger partial charge in [0.25, 0.3) is 5.91 Å². The molecule has 26 heavy (non-hydrogen) atoms. The van der Waals surface area contributed by atoms with Gasteiger partial charge in [-0.1, -0.05) is 32.0 Å². The summed E-state index contributed by atoms with van der Waals surface area (Å²) >= 11 is 0. The maximum atomic E-state index is 12.7. The molecule has 0 aliphatic heterocycles. The molecule has 1 heterocycles. The number of para-hydroxylation sites is 1. The number of H-pyrrole nitrogens is 1. The van der Waals surface area contributed by atoms with Crippen LogP contribution >= 0.6 is 0 Å². The molecule has 0 saturated heterocycles. The van der Waals surface area contributed by atoms with Crippen LogP contribution in [0.1, 0.15) is 37.0 Å². The molecule has 0 fully saturated rings. The van der Waals surface area contributed by atoms with Gasteiger partial charge in [0, 0.05) is 28.9 Å². The van der Waals surface area contributed by atoms with E-state index >= 15 is 0 Å². The number of anilines is 1. The highest BCUT2D eigenvalue weighted by atomic mass is 16.5. The number of rotatable bonds is 8. The van der Waals surface area contributed by atoms with Crippen LogP contribution in [0.2, 0.25) is 0 Å². The Kier molecular flexibility index (Phi) is 5.79. The monoisotopic (exact) mass is 352 g/mol. The molecule has 1 aromatic heterocycles. The molecule has 0 aliphatic rings. The van der Waals surface area contributed by atoms with Crippen molar-refractivity contribution in [1.29, 1.82) is 0 Å². The van der Waals surface area contributed by atoms with E-state index in [1.807, 2.05) is 42.5 Å². The fourth-order valence-electron chi connectivity index (χ4n) is 2.70. The van der Waals surface area contributed by atoms with Gasteiger partial charge in [-0.3, -0.25) is 4.79 Å². The fourth-order valence-corrected chi connectivity index (χ4v) is 2.70. The Morgan fingerprint density at radius 1 is 1.00 bits per heavy atom. The zero-order valence-corrected chi connectivity index (χ0v) is 15.2. The summed E-state index contributed by atoms with van der Waals surface area (Å²) in [6.45, 7) is 5.34. The number of ether oxygens (including phenoxy) is 2. The molecular weight excluding hydrogens is 328 g/mol. The average molecular weight is 352 g/mol. The molecule has 3 rings (SSSR count). The van der Waals surface area contributed by atoms with Crippen molar-refractivity contribution >= 4 is 22.5 Å². The van der Waals surface area contributed by atoms with Crippen LogP contribution in [0.5, 0.6) is 11.5 Å². The van der Waals surface area contributed by atoms with Crippen molar-refractivity contribution in [3.8, 4) is 11.5 Å². The maximum absolute atomic E-state index is 12.7.